The number of ether oxygens (including phenoxy) is 1. The van der Waals surface area contributed by atoms with Crippen LogP contribution in [0.3, 0.4) is 0 Å². The molecule has 1 atom stereocenters. The summed E-state index contributed by atoms with van der Waals surface area (Å²) in [5.74, 6) is -0.0562. The van der Waals surface area contributed by atoms with E-state index in [4.69, 9.17) is 9.16 Å². The van der Waals surface area contributed by atoms with Gasteiger partial charge in [0.05, 0.1) is 0 Å². The zero-order valence-corrected chi connectivity index (χ0v) is 32.8. The number of carbonyl (C=O) groups is 1. The van der Waals surface area contributed by atoms with Crippen molar-refractivity contribution in [3.8, 4) is 0 Å². The maximum absolute atomic E-state index is 12.1. The quantitative estimate of drug-likeness (QED) is 0.0389. The van der Waals surface area contributed by atoms with Crippen LogP contribution in [0.2, 0.25) is 5.04 Å². The highest BCUT2D eigenvalue weighted by Gasteiger charge is 2.51. The molecule has 2 rings (SSSR count). The first-order valence-corrected chi connectivity index (χ1v) is 21.9. The highest BCUT2D eigenvalue weighted by molar-refractivity contribution is 6.99. The molecule has 0 spiro atoms. The molecule has 0 bridgehead atoms. The Hall–Kier alpha value is -2.17. The summed E-state index contributed by atoms with van der Waals surface area (Å²) >= 11 is 0. The van der Waals surface area contributed by atoms with Gasteiger partial charge >= 0.3 is 5.97 Å². The Morgan fingerprint density at radius 3 is 1.58 bits per heavy atom. The van der Waals surface area contributed by atoms with E-state index in [-0.39, 0.29) is 17.1 Å². The van der Waals surface area contributed by atoms with Crippen LogP contribution in [0.1, 0.15) is 169 Å². The van der Waals surface area contributed by atoms with E-state index in [1.165, 1.54) is 107 Å². The van der Waals surface area contributed by atoms with Crippen molar-refractivity contribution >= 4 is 24.7 Å². The summed E-state index contributed by atoms with van der Waals surface area (Å²) in [6.45, 7) is 12.1. The first-order chi connectivity index (χ1) is 23.3. The standard InChI is InChI=1S/C44H72O3Si/c1-6-8-10-12-14-18-24-32-40(33-25-19-15-16-20-30-38-43(45)46-39-31-21-17-13-11-9-7-2)47-48(44(3,4)5,41-34-26-22-27-35-41)42-36-28-23-29-37-42/h21-23,26-29,31,34-37,40H,6-20,24-25,30,32-33,38-39H2,1-5H3/b31-21-. The first kappa shape index (κ1) is 42.0. The summed E-state index contributed by atoms with van der Waals surface area (Å²) in [5.41, 5.74) is 0. The number of esters is 1. The molecule has 48 heavy (non-hydrogen) atoms. The Morgan fingerprint density at radius 2 is 1.08 bits per heavy atom. The number of carbonyl (C=O) groups excluding carboxylic acids is 1. The van der Waals surface area contributed by atoms with E-state index in [9.17, 15) is 4.79 Å². The van der Waals surface area contributed by atoms with Crippen LogP contribution < -0.4 is 10.4 Å². The van der Waals surface area contributed by atoms with Crippen LogP contribution >= 0.6 is 0 Å². The number of benzene rings is 2. The lowest BCUT2D eigenvalue weighted by Crippen LogP contribution is -2.67. The van der Waals surface area contributed by atoms with Crippen LogP contribution in [-0.4, -0.2) is 27.0 Å². The molecule has 0 radical (unpaired) electrons. The van der Waals surface area contributed by atoms with Crippen LogP contribution in [0.15, 0.2) is 72.8 Å². The van der Waals surface area contributed by atoms with Crippen molar-refractivity contribution in [2.24, 2.45) is 0 Å². The van der Waals surface area contributed by atoms with Gasteiger partial charge in [-0.3, -0.25) is 4.79 Å². The third-order valence-corrected chi connectivity index (χ3v) is 14.9. The van der Waals surface area contributed by atoms with Crippen LogP contribution in [0.5, 0.6) is 0 Å². The molecule has 0 aromatic heterocycles. The Bertz CT molecular complexity index is 1040. The molecule has 0 aliphatic carbocycles. The van der Waals surface area contributed by atoms with E-state index < -0.39 is 8.32 Å². The second-order valence-corrected chi connectivity index (χ2v) is 19.2. The topological polar surface area (TPSA) is 35.5 Å². The Balaban J connectivity index is 1.89. The van der Waals surface area contributed by atoms with Gasteiger partial charge in [-0.15, -0.1) is 0 Å². The van der Waals surface area contributed by atoms with Crippen LogP contribution in [0.25, 0.3) is 0 Å². The Morgan fingerprint density at radius 1 is 0.625 bits per heavy atom. The predicted octanol–water partition coefficient (Wildman–Crippen LogP) is 12.3. The van der Waals surface area contributed by atoms with E-state index in [1.807, 2.05) is 6.08 Å². The molecule has 0 fully saturated rings. The van der Waals surface area contributed by atoms with Gasteiger partial charge in [0, 0.05) is 12.5 Å². The molecule has 0 heterocycles. The highest BCUT2D eigenvalue weighted by Crippen LogP contribution is 2.38. The average molecular weight is 677 g/mol. The van der Waals surface area contributed by atoms with E-state index in [0.29, 0.717) is 13.0 Å². The van der Waals surface area contributed by atoms with Crippen molar-refractivity contribution in [3.05, 3.63) is 72.8 Å². The maximum Gasteiger partial charge on any atom is 0.306 e. The first-order valence-electron chi connectivity index (χ1n) is 19.9. The molecule has 270 valence electrons. The van der Waals surface area contributed by atoms with Crippen molar-refractivity contribution in [2.75, 3.05) is 6.61 Å². The largest absolute Gasteiger partial charge is 0.461 e. The highest BCUT2D eigenvalue weighted by atomic mass is 28.4. The van der Waals surface area contributed by atoms with Gasteiger partial charge in [0.25, 0.3) is 8.32 Å². The summed E-state index contributed by atoms with van der Waals surface area (Å²) < 4.78 is 13.0. The molecule has 2 aromatic carbocycles. The lowest BCUT2D eigenvalue weighted by atomic mass is 10.0. The summed E-state index contributed by atoms with van der Waals surface area (Å²) in [5, 5.41) is 2.76. The predicted molar refractivity (Wildman–Crippen MR) is 211 cm³/mol. The fourth-order valence-corrected chi connectivity index (χ4v) is 11.7. The minimum Gasteiger partial charge on any atom is -0.461 e. The monoisotopic (exact) mass is 677 g/mol. The summed E-state index contributed by atoms with van der Waals surface area (Å²) in [6, 6.07) is 22.3. The van der Waals surface area contributed by atoms with Gasteiger partial charge in [0.15, 0.2) is 0 Å². The van der Waals surface area contributed by atoms with Crippen molar-refractivity contribution in [1.29, 1.82) is 0 Å². The number of hydrogen-bond donors (Lipinski definition) is 0. The molecule has 0 amide bonds. The van der Waals surface area contributed by atoms with Gasteiger partial charge in [0.2, 0.25) is 0 Å². The summed E-state index contributed by atoms with van der Waals surface area (Å²) in [4.78, 5) is 12.1. The number of hydrogen-bond acceptors (Lipinski definition) is 3. The van der Waals surface area contributed by atoms with Crippen molar-refractivity contribution in [1.82, 2.24) is 0 Å². The average Bonchev–Trinajstić information content (AvgIpc) is 3.09. The van der Waals surface area contributed by atoms with Crippen molar-refractivity contribution in [2.45, 2.75) is 181 Å². The smallest absolute Gasteiger partial charge is 0.306 e. The Kier molecular flexibility index (Phi) is 22.5. The van der Waals surface area contributed by atoms with Gasteiger partial charge in [0.1, 0.15) is 6.61 Å². The molecular weight excluding hydrogens is 605 g/mol. The molecule has 0 saturated carbocycles. The van der Waals surface area contributed by atoms with Gasteiger partial charge in [-0.1, -0.05) is 204 Å². The zero-order valence-electron chi connectivity index (χ0n) is 31.8. The molecule has 2 aromatic rings. The molecule has 3 nitrogen and oxygen atoms in total. The molecule has 4 heteroatoms. The van der Waals surface area contributed by atoms with E-state index in [0.717, 1.165) is 32.1 Å². The second kappa shape index (κ2) is 25.7. The van der Waals surface area contributed by atoms with E-state index >= 15 is 0 Å². The molecule has 0 saturated heterocycles. The van der Waals surface area contributed by atoms with Gasteiger partial charge < -0.3 is 9.16 Å². The number of rotatable bonds is 28. The molecule has 1 unspecified atom stereocenters. The minimum absolute atomic E-state index is 0.000207. The van der Waals surface area contributed by atoms with Gasteiger partial charge in [-0.2, -0.15) is 0 Å². The lowest BCUT2D eigenvalue weighted by Gasteiger charge is -2.45. The summed E-state index contributed by atoms with van der Waals surface area (Å²) in [7, 11) is -2.57. The van der Waals surface area contributed by atoms with Gasteiger partial charge in [-0.25, -0.2) is 0 Å². The van der Waals surface area contributed by atoms with E-state index in [2.05, 4.69) is 101 Å². The van der Waals surface area contributed by atoms with Crippen LogP contribution in [0, 0.1) is 0 Å². The molecule has 0 aliphatic heterocycles. The number of unbranched alkanes of at least 4 members (excludes halogenated alkanes) is 15. The fourth-order valence-electron chi connectivity index (χ4n) is 6.97. The normalized spacial score (nSPS) is 12.9. The molecule has 0 aliphatic rings. The number of allylic oxidation sites excluding steroid dienone is 1. The minimum atomic E-state index is -2.57. The third-order valence-electron chi connectivity index (χ3n) is 9.78. The van der Waals surface area contributed by atoms with E-state index in [1.54, 1.807) is 0 Å². The maximum atomic E-state index is 12.1. The Labute approximate surface area is 297 Å². The summed E-state index contributed by atoms with van der Waals surface area (Å²) in [6.07, 6.45) is 29.6. The van der Waals surface area contributed by atoms with Crippen LogP contribution in [-0.2, 0) is 14.0 Å². The third kappa shape index (κ3) is 16.5. The van der Waals surface area contributed by atoms with Gasteiger partial charge in [-0.05, 0) is 47.5 Å². The van der Waals surface area contributed by atoms with Crippen molar-refractivity contribution in [3.63, 3.8) is 0 Å². The molecular formula is C44H72O3Si. The SMILES string of the molecule is CCCCCC/C=C\COC(=O)CCCCCCCCC(CCCCCCCCC)O[Si](c1ccccc1)(c1ccccc1)C(C)(C)C. The second-order valence-electron chi connectivity index (χ2n) is 15.0. The zero-order chi connectivity index (χ0) is 34.8. The van der Waals surface area contributed by atoms with Crippen LogP contribution in [0.4, 0.5) is 0 Å². The fraction of sp³-hybridized carbons (Fsp3) is 0.659. The lowest BCUT2D eigenvalue weighted by molar-refractivity contribution is -0.142. The molecule has 0 N–H and O–H groups in total. The van der Waals surface area contributed by atoms with Crippen molar-refractivity contribution < 1.29 is 14.0 Å².